The molecule has 2 aromatic heterocycles. The first kappa shape index (κ1) is 13.9. The van der Waals surface area contributed by atoms with Crippen LogP contribution in [0.1, 0.15) is 17.0 Å². The van der Waals surface area contributed by atoms with Gasteiger partial charge in [0.1, 0.15) is 18.7 Å². The molecule has 2 heterocycles. The Morgan fingerprint density at radius 2 is 1.58 bits per heavy atom. The van der Waals surface area contributed by atoms with Gasteiger partial charge in [-0.15, -0.1) is 5.54 Å². The zero-order chi connectivity index (χ0) is 14.5. The largest absolute Gasteiger partial charge is 0.293 e. The summed E-state index contributed by atoms with van der Waals surface area (Å²) in [4.78, 5) is 24.2. The van der Waals surface area contributed by atoms with Crippen molar-refractivity contribution < 1.29 is 0 Å². The lowest BCUT2D eigenvalue weighted by molar-refractivity contribution is 0.768. The van der Waals surface area contributed by atoms with Gasteiger partial charge in [0.2, 0.25) is 0 Å². The second kappa shape index (κ2) is 4.25. The van der Waals surface area contributed by atoms with Crippen molar-refractivity contribution in [1.29, 1.82) is 0 Å². The molecule has 0 N–H and O–H groups in total. The summed E-state index contributed by atoms with van der Waals surface area (Å²) >= 11 is 5.89. The second-order valence-corrected chi connectivity index (χ2v) is 10.7. The Labute approximate surface area is 117 Å². The van der Waals surface area contributed by atoms with Gasteiger partial charge in [-0.25, -0.2) is 4.52 Å². The molecule has 0 aliphatic rings. The van der Waals surface area contributed by atoms with E-state index in [1.165, 1.54) is 0 Å². The highest BCUT2D eigenvalue weighted by Gasteiger charge is 2.20. The van der Waals surface area contributed by atoms with Crippen LogP contribution in [0.25, 0.3) is 0 Å². The molecule has 0 spiro atoms. The maximum Gasteiger partial charge on any atom is 0.293 e. The van der Waals surface area contributed by atoms with Crippen LogP contribution in [0.5, 0.6) is 0 Å². The van der Waals surface area contributed by atoms with Crippen molar-refractivity contribution >= 4 is 19.7 Å². The highest BCUT2D eigenvalue weighted by atomic mass is 35.5. The van der Waals surface area contributed by atoms with Crippen molar-refractivity contribution in [3.8, 4) is 11.5 Å². The van der Waals surface area contributed by atoms with E-state index in [1.807, 2.05) is 0 Å². The maximum atomic E-state index is 12.2. The molecule has 0 aliphatic heterocycles. The van der Waals surface area contributed by atoms with Crippen molar-refractivity contribution in [1.82, 2.24) is 9.03 Å². The molecule has 19 heavy (non-hydrogen) atoms. The van der Waals surface area contributed by atoms with E-state index >= 15 is 0 Å². The zero-order valence-corrected chi connectivity index (χ0v) is 13.3. The summed E-state index contributed by atoms with van der Waals surface area (Å²) < 4.78 is 2.60. The van der Waals surface area contributed by atoms with Crippen molar-refractivity contribution in [2.45, 2.75) is 33.5 Å². The number of aryl methyl sites for hydroxylation is 2. The molecule has 0 saturated heterocycles. The van der Waals surface area contributed by atoms with E-state index in [-0.39, 0.29) is 10.6 Å². The molecule has 0 fully saturated rings. The number of aromatic nitrogens is 2. The molecule has 100 valence electrons. The van der Waals surface area contributed by atoms with Crippen molar-refractivity contribution in [2.24, 2.45) is 0 Å². The van der Waals surface area contributed by atoms with Gasteiger partial charge in [-0.05, 0) is 13.8 Å². The van der Waals surface area contributed by atoms with Crippen LogP contribution in [-0.2, 0) is 0 Å². The standard InChI is InChI=1S/C13H15ClN2O2Si/c1-8-10(6-7-19(3,4)5)12(17)16-13(18)11(14)9(2)15(8)16/h1-5H3. The molecular weight excluding hydrogens is 280 g/mol. The van der Waals surface area contributed by atoms with Gasteiger partial charge in [-0.2, -0.15) is 4.52 Å². The van der Waals surface area contributed by atoms with Crippen molar-refractivity contribution in [2.75, 3.05) is 0 Å². The highest BCUT2D eigenvalue weighted by molar-refractivity contribution is 6.83. The van der Waals surface area contributed by atoms with E-state index in [4.69, 9.17) is 11.6 Å². The molecule has 0 saturated carbocycles. The fourth-order valence-corrected chi connectivity index (χ4v) is 2.59. The van der Waals surface area contributed by atoms with Crippen LogP contribution in [0, 0.1) is 25.3 Å². The minimum absolute atomic E-state index is 0.0879. The van der Waals surface area contributed by atoms with Crippen molar-refractivity contribution in [3.05, 3.63) is 42.7 Å². The predicted octanol–water partition coefficient (Wildman–Crippen LogP) is 1.70. The Hall–Kier alpha value is -1.51. The predicted molar refractivity (Wildman–Crippen MR) is 79.3 cm³/mol. The van der Waals surface area contributed by atoms with Crippen molar-refractivity contribution in [3.63, 3.8) is 0 Å². The fraction of sp³-hybridized carbons (Fsp3) is 0.385. The molecule has 4 nitrogen and oxygen atoms in total. The van der Waals surface area contributed by atoms with Gasteiger partial charge in [-0.3, -0.25) is 9.59 Å². The average Bonchev–Trinajstić information content (AvgIpc) is 2.66. The van der Waals surface area contributed by atoms with E-state index in [0.717, 1.165) is 4.52 Å². The lowest BCUT2D eigenvalue weighted by Crippen LogP contribution is -2.23. The lowest BCUT2D eigenvalue weighted by atomic mass is 10.3. The fourth-order valence-electron chi connectivity index (χ4n) is 1.93. The molecular formula is C13H15ClN2O2Si. The number of rotatable bonds is 0. The third-order valence-corrected chi connectivity index (χ3v) is 4.17. The van der Waals surface area contributed by atoms with Crippen LogP contribution >= 0.6 is 11.6 Å². The summed E-state index contributed by atoms with van der Waals surface area (Å²) in [6.45, 7) is 9.79. The Kier molecular flexibility index (Phi) is 3.11. The summed E-state index contributed by atoms with van der Waals surface area (Å²) in [6.07, 6.45) is 0. The second-order valence-electron chi connectivity index (χ2n) is 5.59. The quantitative estimate of drug-likeness (QED) is 0.548. The molecule has 0 aromatic carbocycles. The van der Waals surface area contributed by atoms with Gasteiger partial charge in [0.05, 0.1) is 11.4 Å². The minimum Gasteiger partial charge on any atom is -0.266 e. The Morgan fingerprint density at radius 3 is 2.05 bits per heavy atom. The third kappa shape index (κ3) is 2.11. The number of hydrogen-bond donors (Lipinski definition) is 0. The van der Waals surface area contributed by atoms with Crippen LogP contribution in [0.2, 0.25) is 24.7 Å². The van der Waals surface area contributed by atoms with Gasteiger partial charge in [0.25, 0.3) is 11.1 Å². The van der Waals surface area contributed by atoms with Crippen LogP contribution in [0.3, 0.4) is 0 Å². The first-order valence-corrected chi connectivity index (χ1v) is 9.82. The Balaban J connectivity index is 2.87. The smallest absolute Gasteiger partial charge is 0.266 e. The molecule has 0 unspecified atom stereocenters. The monoisotopic (exact) mass is 294 g/mol. The minimum atomic E-state index is -1.58. The number of hydrogen-bond acceptors (Lipinski definition) is 2. The Bertz CT molecular complexity index is 831. The number of halogens is 1. The summed E-state index contributed by atoms with van der Waals surface area (Å²) in [6, 6.07) is 0. The summed E-state index contributed by atoms with van der Waals surface area (Å²) in [5, 5.41) is 0.0879. The SMILES string of the molecule is Cc1c(Cl)c(=O)n2c(=O)c(C#C[Si](C)(C)C)c(C)n12. The van der Waals surface area contributed by atoms with Gasteiger partial charge in [0, 0.05) is 0 Å². The van der Waals surface area contributed by atoms with Crippen LogP contribution in [-0.4, -0.2) is 17.1 Å². The van der Waals surface area contributed by atoms with Gasteiger partial charge in [-0.1, -0.05) is 37.2 Å². The van der Waals surface area contributed by atoms with E-state index in [0.29, 0.717) is 17.0 Å². The summed E-state index contributed by atoms with van der Waals surface area (Å²) in [5.41, 5.74) is 3.91. The maximum absolute atomic E-state index is 12.2. The molecule has 0 amide bonds. The molecule has 0 bridgehead atoms. The summed E-state index contributed by atoms with van der Waals surface area (Å²) in [5.74, 6) is 2.95. The highest BCUT2D eigenvalue weighted by Crippen LogP contribution is 2.13. The van der Waals surface area contributed by atoms with Gasteiger partial charge >= 0.3 is 0 Å². The number of nitrogens with zero attached hydrogens (tertiary/aromatic N) is 2. The zero-order valence-electron chi connectivity index (χ0n) is 11.6. The summed E-state index contributed by atoms with van der Waals surface area (Å²) in [7, 11) is -1.58. The number of fused-ring (bicyclic) bond motifs is 1. The topological polar surface area (TPSA) is 43.0 Å². The first-order chi connectivity index (χ1) is 8.65. The molecule has 0 radical (unpaired) electrons. The molecule has 0 aliphatic carbocycles. The average molecular weight is 295 g/mol. The molecule has 0 atom stereocenters. The van der Waals surface area contributed by atoms with Crippen LogP contribution in [0.15, 0.2) is 9.59 Å². The van der Waals surface area contributed by atoms with E-state index in [1.54, 1.807) is 18.4 Å². The normalized spacial score (nSPS) is 11.7. The van der Waals surface area contributed by atoms with Crippen LogP contribution in [0.4, 0.5) is 0 Å². The third-order valence-electron chi connectivity index (χ3n) is 2.86. The molecule has 2 rings (SSSR count). The first-order valence-electron chi connectivity index (χ1n) is 5.94. The van der Waals surface area contributed by atoms with Crippen LogP contribution < -0.4 is 11.1 Å². The van der Waals surface area contributed by atoms with E-state index < -0.39 is 13.6 Å². The Morgan fingerprint density at radius 1 is 1.00 bits per heavy atom. The lowest BCUT2D eigenvalue weighted by Gasteiger charge is -2.02. The molecule has 6 heteroatoms. The van der Waals surface area contributed by atoms with E-state index in [2.05, 4.69) is 31.1 Å². The van der Waals surface area contributed by atoms with Gasteiger partial charge in [0.15, 0.2) is 0 Å². The van der Waals surface area contributed by atoms with E-state index in [9.17, 15) is 9.59 Å². The molecule has 2 aromatic rings. The van der Waals surface area contributed by atoms with Gasteiger partial charge < -0.3 is 0 Å².